The van der Waals surface area contributed by atoms with E-state index in [0.29, 0.717) is 18.7 Å². The Bertz CT molecular complexity index is 655. The molecule has 0 unspecified atom stereocenters. The maximum Gasteiger partial charge on any atom is 0.254 e. The molecule has 0 atom stereocenters. The van der Waals surface area contributed by atoms with Crippen molar-refractivity contribution in [1.82, 2.24) is 9.88 Å². The second-order valence-corrected chi connectivity index (χ2v) is 5.65. The van der Waals surface area contributed by atoms with Gasteiger partial charge in [-0.25, -0.2) is 0 Å². The van der Waals surface area contributed by atoms with Crippen LogP contribution in [-0.2, 0) is 19.4 Å². The standard InChI is InChI=1S/C18H20N2O2/c21-10-9-20(13-14-3-2-8-19-12-14)18(22)17-7-6-15-4-1-5-16(15)11-17/h2-3,6-8,11-12,21H,1,4-5,9-10,13H2. The summed E-state index contributed by atoms with van der Waals surface area (Å²) in [6.07, 6.45) is 6.80. The summed E-state index contributed by atoms with van der Waals surface area (Å²) in [4.78, 5) is 18.5. The summed E-state index contributed by atoms with van der Waals surface area (Å²) in [5, 5.41) is 9.26. The fourth-order valence-corrected chi connectivity index (χ4v) is 2.97. The van der Waals surface area contributed by atoms with Crippen molar-refractivity contribution in [1.29, 1.82) is 0 Å². The Morgan fingerprint density at radius 1 is 1.23 bits per heavy atom. The second-order valence-electron chi connectivity index (χ2n) is 5.65. The van der Waals surface area contributed by atoms with E-state index in [9.17, 15) is 9.90 Å². The molecule has 114 valence electrons. The normalized spacial score (nSPS) is 13.0. The van der Waals surface area contributed by atoms with Gasteiger partial charge in [0.2, 0.25) is 0 Å². The zero-order valence-corrected chi connectivity index (χ0v) is 12.5. The van der Waals surface area contributed by atoms with E-state index in [4.69, 9.17) is 0 Å². The topological polar surface area (TPSA) is 53.4 Å². The van der Waals surface area contributed by atoms with Gasteiger partial charge in [0.25, 0.3) is 5.91 Å². The van der Waals surface area contributed by atoms with E-state index < -0.39 is 0 Å². The molecule has 4 heteroatoms. The van der Waals surface area contributed by atoms with Gasteiger partial charge in [-0.3, -0.25) is 9.78 Å². The van der Waals surface area contributed by atoms with Gasteiger partial charge in [-0.15, -0.1) is 0 Å². The number of hydrogen-bond donors (Lipinski definition) is 1. The first-order chi connectivity index (χ1) is 10.8. The molecule has 1 N–H and O–H groups in total. The molecule has 0 bridgehead atoms. The van der Waals surface area contributed by atoms with Crippen molar-refractivity contribution in [2.24, 2.45) is 0 Å². The van der Waals surface area contributed by atoms with E-state index in [2.05, 4.69) is 11.1 Å². The van der Waals surface area contributed by atoms with Crippen molar-refractivity contribution < 1.29 is 9.90 Å². The Morgan fingerprint density at radius 2 is 2.09 bits per heavy atom. The van der Waals surface area contributed by atoms with Crippen LogP contribution in [0.4, 0.5) is 0 Å². The summed E-state index contributed by atoms with van der Waals surface area (Å²) in [5.74, 6) is -0.0346. The van der Waals surface area contributed by atoms with Crippen molar-refractivity contribution >= 4 is 5.91 Å². The van der Waals surface area contributed by atoms with Gasteiger partial charge < -0.3 is 10.0 Å². The zero-order valence-electron chi connectivity index (χ0n) is 12.5. The second kappa shape index (κ2) is 6.71. The van der Waals surface area contributed by atoms with Gasteiger partial charge in [0.05, 0.1) is 6.61 Å². The van der Waals surface area contributed by atoms with E-state index in [1.54, 1.807) is 17.3 Å². The number of fused-ring (bicyclic) bond motifs is 1. The number of rotatable bonds is 5. The van der Waals surface area contributed by atoms with Gasteiger partial charge in [0.15, 0.2) is 0 Å². The van der Waals surface area contributed by atoms with Crippen LogP contribution >= 0.6 is 0 Å². The first kappa shape index (κ1) is 14.7. The van der Waals surface area contributed by atoms with Crippen LogP contribution in [0.3, 0.4) is 0 Å². The number of carbonyl (C=O) groups excluding carboxylic acids is 1. The van der Waals surface area contributed by atoms with Gasteiger partial charge >= 0.3 is 0 Å². The Hall–Kier alpha value is -2.20. The van der Waals surface area contributed by atoms with Crippen LogP contribution in [0.25, 0.3) is 0 Å². The highest BCUT2D eigenvalue weighted by Gasteiger charge is 2.18. The van der Waals surface area contributed by atoms with Crippen LogP contribution in [0.1, 0.15) is 33.5 Å². The van der Waals surface area contributed by atoms with Crippen LogP contribution in [-0.4, -0.2) is 34.0 Å². The summed E-state index contributed by atoms with van der Waals surface area (Å²) in [6, 6.07) is 9.77. The van der Waals surface area contributed by atoms with Crippen molar-refractivity contribution in [3.63, 3.8) is 0 Å². The van der Waals surface area contributed by atoms with Gasteiger partial charge in [0, 0.05) is 31.0 Å². The minimum absolute atomic E-state index is 0.0346. The molecule has 1 amide bonds. The highest BCUT2D eigenvalue weighted by Crippen LogP contribution is 2.23. The molecular formula is C18H20N2O2. The number of aromatic nitrogens is 1. The van der Waals surface area contributed by atoms with Crippen molar-refractivity contribution in [2.45, 2.75) is 25.8 Å². The van der Waals surface area contributed by atoms with E-state index in [1.807, 2.05) is 24.3 Å². The minimum atomic E-state index is -0.0447. The molecule has 0 saturated heterocycles. The van der Waals surface area contributed by atoms with E-state index >= 15 is 0 Å². The predicted molar refractivity (Wildman–Crippen MR) is 84.5 cm³/mol. The number of aliphatic hydroxyl groups is 1. The molecule has 22 heavy (non-hydrogen) atoms. The third-order valence-electron chi connectivity index (χ3n) is 4.10. The Kier molecular flexibility index (Phi) is 4.49. The Balaban J connectivity index is 1.80. The highest BCUT2D eigenvalue weighted by atomic mass is 16.3. The van der Waals surface area contributed by atoms with Gasteiger partial charge in [-0.05, 0) is 54.2 Å². The number of carbonyl (C=O) groups is 1. The molecule has 0 radical (unpaired) electrons. The summed E-state index contributed by atoms with van der Waals surface area (Å²) < 4.78 is 0. The molecule has 2 aromatic rings. The quantitative estimate of drug-likeness (QED) is 0.920. The molecule has 1 aliphatic rings. The third-order valence-corrected chi connectivity index (χ3v) is 4.10. The molecule has 3 rings (SSSR count). The lowest BCUT2D eigenvalue weighted by Crippen LogP contribution is -2.33. The smallest absolute Gasteiger partial charge is 0.254 e. The third kappa shape index (κ3) is 3.17. The molecule has 1 aliphatic carbocycles. The number of hydrogen-bond acceptors (Lipinski definition) is 3. The lowest BCUT2D eigenvalue weighted by molar-refractivity contribution is 0.0707. The lowest BCUT2D eigenvalue weighted by Gasteiger charge is -2.22. The summed E-state index contributed by atoms with van der Waals surface area (Å²) >= 11 is 0. The molecule has 0 aliphatic heterocycles. The van der Waals surface area contributed by atoms with Crippen LogP contribution in [0.2, 0.25) is 0 Å². The van der Waals surface area contributed by atoms with Crippen molar-refractivity contribution in [3.8, 4) is 0 Å². The first-order valence-corrected chi connectivity index (χ1v) is 7.69. The largest absolute Gasteiger partial charge is 0.395 e. The zero-order chi connectivity index (χ0) is 15.4. The van der Waals surface area contributed by atoms with Crippen LogP contribution in [0.15, 0.2) is 42.7 Å². The van der Waals surface area contributed by atoms with E-state index in [0.717, 1.165) is 18.4 Å². The number of aliphatic hydroxyl groups excluding tert-OH is 1. The number of nitrogens with zero attached hydrogens (tertiary/aromatic N) is 2. The van der Waals surface area contributed by atoms with Gasteiger partial charge in [-0.2, -0.15) is 0 Å². The highest BCUT2D eigenvalue weighted by molar-refractivity contribution is 5.94. The molecule has 1 aromatic carbocycles. The van der Waals surface area contributed by atoms with Crippen molar-refractivity contribution in [2.75, 3.05) is 13.2 Å². The van der Waals surface area contributed by atoms with E-state index in [1.165, 1.54) is 17.5 Å². The minimum Gasteiger partial charge on any atom is -0.395 e. The average Bonchev–Trinajstić information content (AvgIpc) is 3.02. The maximum absolute atomic E-state index is 12.7. The van der Waals surface area contributed by atoms with Gasteiger partial charge in [0.1, 0.15) is 0 Å². The van der Waals surface area contributed by atoms with Gasteiger partial charge in [-0.1, -0.05) is 12.1 Å². The fraction of sp³-hybridized carbons (Fsp3) is 0.333. The van der Waals surface area contributed by atoms with E-state index in [-0.39, 0.29) is 12.5 Å². The molecule has 4 nitrogen and oxygen atoms in total. The fourth-order valence-electron chi connectivity index (χ4n) is 2.97. The molecule has 1 aromatic heterocycles. The van der Waals surface area contributed by atoms with Crippen LogP contribution in [0.5, 0.6) is 0 Å². The monoisotopic (exact) mass is 296 g/mol. The van der Waals surface area contributed by atoms with Crippen LogP contribution < -0.4 is 0 Å². The molecule has 0 spiro atoms. The van der Waals surface area contributed by atoms with Crippen molar-refractivity contribution in [3.05, 3.63) is 65.0 Å². The maximum atomic E-state index is 12.7. The number of pyridine rings is 1. The average molecular weight is 296 g/mol. The summed E-state index contributed by atoms with van der Waals surface area (Å²) in [6.45, 7) is 0.742. The number of amides is 1. The first-order valence-electron chi connectivity index (χ1n) is 7.69. The molecule has 1 heterocycles. The summed E-state index contributed by atoms with van der Waals surface area (Å²) in [7, 11) is 0. The Labute approximate surface area is 130 Å². The number of aryl methyl sites for hydroxylation is 2. The molecule has 0 fully saturated rings. The predicted octanol–water partition coefficient (Wildman–Crippen LogP) is 2.21. The molecule has 0 saturated carbocycles. The van der Waals surface area contributed by atoms with Crippen LogP contribution in [0, 0.1) is 0 Å². The summed E-state index contributed by atoms with van der Waals surface area (Å²) in [5.41, 5.74) is 4.32. The Morgan fingerprint density at radius 3 is 2.86 bits per heavy atom. The number of benzene rings is 1. The lowest BCUT2D eigenvalue weighted by atomic mass is 10.1. The molecular weight excluding hydrogens is 276 g/mol. The SMILES string of the molecule is O=C(c1ccc2c(c1)CCC2)N(CCO)Cc1cccnc1.